The van der Waals surface area contributed by atoms with E-state index in [1.54, 1.807) is 26.4 Å². The Hall–Kier alpha value is -3.82. The lowest BCUT2D eigenvalue weighted by molar-refractivity contribution is 0.0958. The van der Waals surface area contributed by atoms with E-state index in [4.69, 9.17) is 37.0 Å². The van der Waals surface area contributed by atoms with Crippen LogP contribution in [0.15, 0.2) is 60.7 Å². The van der Waals surface area contributed by atoms with Crippen molar-refractivity contribution in [1.82, 2.24) is 5.32 Å². The summed E-state index contributed by atoms with van der Waals surface area (Å²) in [4.78, 5) is 12.5. The molecule has 0 aliphatic carbocycles. The highest BCUT2D eigenvalue weighted by Crippen LogP contribution is 2.39. The molecule has 0 unspecified atom stereocenters. The van der Waals surface area contributed by atoms with Crippen LogP contribution in [0.3, 0.4) is 0 Å². The van der Waals surface area contributed by atoms with Crippen LogP contribution in [0.2, 0.25) is 5.02 Å². The van der Waals surface area contributed by atoms with Crippen molar-refractivity contribution in [2.75, 3.05) is 20.8 Å². The molecule has 3 aromatic carbocycles. The quantitative estimate of drug-likeness (QED) is 0.432. The molecule has 3 aromatic rings. The van der Waals surface area contributed by atoms with Gasteiger partial charge in [0.25, 0.3) is 5.91 Å². The van der Waals surface area contributed by atoms with Crippen LogP contribution in [0, 0.1) is 12.3 Å². The first kappa shape index (κ1) is 23.8. The van der Waals surface area contributed by atoms with Gasteiger partial charge in [-0.1, -0.05) is 41.8 Å². The van der Waals surface area contributed by atoms with Gasteiger partial charge in [-0.2, -0.15) is 0 Å². The Balaban J connectivity index is 1.83. The van der Waals surface area contributed by atoms with Gasteiger partial charge in [0.05, 0.1) is 31.4 Å². The number of methoxy groups -OCH3 is 2. The molecular formula is C26H24ClNO5. The number of hydrogen-bond acceptors (Lipinski definition) is 5. The third kappa shape index (κ3) is 6.34. The number of benzene rings is 3. The molecule has 0 aliphatic rings. The Morgan fingerprint density at radius 3 is 1.94 bits per heavy atom. The lowest BCUT2D eigenvalue weighted by atomic mass is 10.1. The number of carbonyl (C=O) groups is 1. The predicted molar refractivity (Wildman–Crippen MR) is 127 cm³/mol. The van der Waals surface area contributed by atoms with Crippen LogP contribution >= 0.6 is 11.6 Å². The first-order valence-corrected chi connectivity index (χ1v) is 10.5. The normalized spacial score (nSPS) is 10.1. The fraction of sp³-hybridized carbons (Fsp3) is 0.192. The molecule has 1 amide bonds. The molecule has 0 atom stereocenters. The highest BCUT2D eigenvalue weighted by Gasteiger charge is 2.19. The van der Waals surface area contributed by atoms with Crippen molar-refractivity contribution in [1.29, 1.82) is 0 Å². The van der Waals surface area contributed by atoms with Gasteiger partial charge >= 0.3 is 0 Å². The minimum absolute atomic E-state index is 0.0902. The summed E-state index contributed by atoms with van der Waals surface area (Å²) >= 11 is 6.57. The van der Waals surface area contributed by atoms with Crippen molar-refractivity contribution < 1.29 is 23.7 Å². The number of terminal acetylenes is 1. The number of rotatable bonds is 10. The van der Waals surface area contributed by atoms with E-state index in [-0.39, 0.29) is 36.1 Å². The highest BCUT2D eigenvalue weighted by molar-refractivity contribution is 6.35. The Kier molecular flexibility index (Phi) is 8.45. The number of nitrogens with one attached hydrogen (secondary N) is 1. The van der Waals surface area contributed by atoms with E-state index in [2.05, 4.69) is 11.2 Å². The van der Waals surface area contributed by atoms with Crippen LogP contribution < -0.4 is 24.3 Å². The van der Waals surface area contributed by atoms with E-state index >= 15 is 0 Å². The molecule has 0 saturated heterocycles. The molecule has 7 heteroatoms. The first-order valence-electron chi connectivity index (χ1n) is 10.1. The summed E-state index contributed by atoms with van der Waals surface area (Å²) in [5, 5.41) is 2.75. The molecule has 0 radical (unpaired) electrons. The third-order valence-corrected chi connectivity index (χ3v) is 5.13. The van der Waals surface area contributed by atoms with Gasteiger partial charge in [-0.15, -0.1) is 6.42 Å². The van der Waals surface area contributed by atoms with Crippen LogP contribution in [-0.4, -0.2) is 26.7 Å². The summed E-state index contributed by atoms with van der Waals surface area (Å²) in [5.41, 5.74) is 2.08. The van der Waals surface area contributed by atoms with Crippen molar-refractivity contribution >= 4 is 17.5 Å². The van der Waals surface area contributed by atoms with Gasteiger partial charge < -0.3 is 24.3 Å². The summed E-state index contributed by atoms with van der Waals surface area (Å²) < 4.78 is 22.4. The average molecular weight is 466 g/mol. The van der Waals surface area contributed by atoms with Gasteiger partial charge in [-0.25, -0.2) is 0 Å². The minimum Gasteiger partial charge on any atom is -0.497 e. The van der Waals surface area contributed by atoms with E-state index in [1.165, 1.54) is 0 Å². The largest absolute Gasteiger partial charge is 0.497 e. The molecule has 0 fully saturated rings. The maximum absolute atomic E-state index is 12.5. The second-order valence-corrected chi connectivity index (χ2v) is 7.29. The summed E-state index contributed by atoms with van der Waals surface area (Å²) in [7, 11) is 3.22. The molecule has 0 spiro atoms. The summed E-state index contributed by atoms with van der Waals surface area (Å²) in [5.74, 6) is 4.16. The monoisotopic (exact) mass is 465 g/mol. The topological polar surface area (TPSA) is 66.0 Å². The zero-order chi connectivity index (χ0) is 23.6. The third-order valence-electron chi connectivity index (χ3n) is 4.75. The zero-order valence-electron chi connectivity index (χ0n) is 18.4. The second kappa shape index (κ2) is 11.7. The predicted octanol–water partition coefficient (Wildman–Crippen LogP) is 4.88. The van der Waals surface area contributed by atoms with E-state index in [1.807, 2.05) is 48.5 Å². The summed E-state index contributed by atoms with van der Waals surface area (Å²) in [6.45, 7) is 0.590. The van der Waals surface area contributed by atoms with Crippen LogP contribution in [0.5, 0.6) is 23.0 Å². The summed E-state index contributed by atoms with van der Waals surface area (Å²) in [6, 6.07) is 18.2. The fourth-order valence-electron chi connectivity index (χ4n) is 2.95. The molecular weight excluding hydrogens is 442 g/mol. The molecule has 33 heavy (non-hydrogen) atoms. The van der Waals surface area contributed by atoms with Gasteiger partial charge in [0, 0.05) is 0 Å². The summed E-state index contributed by atoms with van der Waals surface area (Å²) in [6.07, 6.45) is 5.23. The Morgan fingerprint density at radius 1 is 0.879 bits per heavy atom. The molecule has 0 saturated carbocycles. The molecule has 3 rings (SSSR count). The van der Waals surface area contributed by atoms with Crippen molar-refractivity contribution in [2.24, 2.45) is 0 Å². The average Bonchev–Trinajstić information content (AvgIpc) is 2.86. The second-order valence-electron chi connectivity index (χ2n) is 6.91. The maximum atomic E-state index is 12.5. The Bertz CT molecular complexity index is 1120. The SMILES string of the molecule is C#CCNC(=O)c1ccc(OCc2ccc(OC)cc2)c(OCc2ccc(OC)cc2)c1Cl. The highest BCUT2D eigenvalue weighted by atomic mass is 35.5. The fourth-order valence-corrected chi connectivity index (χ4v) is 3.25. The van der Waals surface area contributed by atoms with E-state index in [0.717, 1.165) is 22.6 Å². The van der Waals surface area contributed by atoms with Gasteiger partial charge in [0.15, 0.2) is 11.5 Å². The number of carbonyl (C=O) groups excluding carboxylic acids is 1. The van der Waals surface area contributed by atoms with Crippen LogP contribution in [0.1, 0.15) is 21.5 Å². The van der Waals surface area contributed by atoms with Gasteiger partial charge in [0.1, 0.15) is 24.7 Å². The lowest BCUT2D eigenvalue weighted by Crippen LogP contribution is -2.24. The first-order chi connectivity index (χ1) is 16.0. The van der Waals surface area contributed by atoms with Crippen LogP contribution in [0.4, 0.5) is 0 Å². The van der Waals surface area contributed by atoms with Crippen molar-refractivity contribution in [3.05, 3.63) is 82.4 Å². The Labute approximate surface area is 198 Å². The molecule has 0 bridgehead atoms. The molecule has 170 valence electrons. The number of hydrogen-bond donors (Lipinski definition) is 1. The van der Waals surface area contributed by atoms with Crippen LogP contribution in [0.25, 0.3) is 0 Å². The molecule has 0 aromatic heterocycles. The standard InChI is InChI=1S/C26H24ClNO5/c1-4-15-28-26(29)22-13-14-23(32-16-18-5-9-20(30-2)10-6-18)25(24(22)27)33-17-19-7-11-21(31-3)12-8-19/h1,5-14H,15-17H2,2-3H3,(H,28,29). The van der Waals surface area contributed by atoms with Crippen LogP contribution in [-0.2, 0) is 13.2 Å². The van der Waals surface area contributed by atoms with E-state index in [0.29, 0.717) is 5.75 Å². The minimum atomic E-state index is -0.394. The number of ether oxygens (including phenoxy) is 4. The van der Waals surface area contributed by atoms with E-state index < -0.39 is 5.91 Å². The molecule has 1 N–H and O–H groups in total. The zero-order valence-corrected chi connectivity index (χ0v) is 19.1. The molecule has 0 heterocycles. The van der Waals surface area contributed by atoms with E-state index in [9.17, 15) is 4.79 Å². The Morgan fingerprint density at radius 2 is 1.42 bits per heavy atom. The molecule has 0 aliphatic heterocycles. The maximum Gasteiger partial charge on any atom is 0.253 e. The van der Waals surface area contributed by atoms with Crippen molar-refractivity contribution in [3.63, 3.8) is 0 Å². The number of halogens is 1. The van der Waals surface area contributed by atoms with Gasteiger partial charge in [0.2, 0.25) is 0 Å². The smallest absolute Gasteiger partial charge is 0.253 e. The number of amides is 1. The van der Waals surface area contributed by atoms with Crippen molar-refractivity contribution in [3.8, 4) is 35.3 Å². The van der Waals surface area contributed by atoms with Gasteiger partial charge in [-0.05, 0) is 47.5 Å². The lowest BCUT2D eigenvalue weighted by Gasteiger charge is -2.17. The van der Waals surface area contributed by atoms with Gasteiger partial charge in [-0.3, -0.25) is 4.79 Å². The molecule has 6 nitrogen and oxygen atoms in total. The van der Waals surface area contributed by atoms with Crippen molar-refractivity contribution in [2.45, 2.75) is 13.2 Å².